The van der Waals surface area contributed by atoms with Crippen LogP contribution in [0.5, 0.6) is 5.88 Å². The molecule has 374 valence electrons. The van der Waals surface area contributed by atoms with Crippen molar-refractivity contribution in [2.75, 3.05) is 54.4 Å². The van der Waals surface area contributed by atoms with E-state index in [4.69, 9.17) is 9.72 Å². The minimum absolute atomic E-state index is 0.0434. The second kappa shape index (κ2) is 18.4. The van der Waals surface area contributed by atoms with Crippen LogP contribution in [-0.4, -0.2) is 100 Å². The van der Waals surface area contributed by atoms with Crippen LogP contribution >= 0.6 is 0 Å². The van der Waals surface area contributed by atoms with Gasteiger partial charge in [-0.25, -0.2) is 18.1 Å². The van der Waals surface area contributed by atoms with Crippen molar-refractivity contribution in [3.63, 3.8) is 0 Å². The van der Waals surface area contributed by atoms with Gasteiger partial charge in [0, 0.05) is 61.6 Å². The van der Waals surface area contributed by atoms with E-state index < -0.39 is 37.0 Å². The molecule has 1 atom stereocenters. The van der Waals surface area contributed by atoms with Gasteiger partial charge in [-0.05, 0) is 143 Å². The van der Waals surface area contributed by atoms with E-state index in [9.17, 15) is 28.4 Å². The molecule has 1 spiro atoms. The van der Waals surface area contributed by atoms with Crippen molar-refractivity contribution in [3.05, 3.63) is 100.0 Å². The fourth-order valence-electron chi connectivity index (χ4n) is 12.4. The number of hydrogen-bond acceptors (Lipinski definition) is 13. The van der Waals surface area contributed by atoms with Crippen LogP contribution in [0.2, 0.25) is 0 Å². The van der Waals surface area contributed by atoms with Gasteiger partial charge in [0.25, 0.3) is 21.6 Å². The van der Waals surface area contributed by atoms with Gasteiger partial charge in [0.05, 0.1) is 40.2 Å². The van der Waals surface area contributed by atoms with Gasteiger partial charge in [-0.3, -0.25) is 19.8 Å². The molecule has 3 aromatic carbocycles. The molecule has 0 radical (unpaired) electrons. The monoisotopic (exact) mass is 984 g/mol. The van der Waals surface area contributed by atoms with Crippen molar-refractivity contribution < 1.29 is 28.0 Å². The summed E-state index contributed by atoms with van der Waals surface area (Å²) in [6.45, 7) is 10.5. The molecule has 0 bridgehead atoms. The van der Waals surface area contributed by atoms with E-state index in [1.807, 2.05) is 36.1 Å². The van der Waals surface area contributed by atoms with E-state index in [1.165, 1.54) is 43.1 Å². The number of anilines is 4. The molecule has 2 saturated heterocycles. The van der Waals surface area contributed by atoms with E-state index in [2.05, 4.69) is 72.9 Å². The summed E-state index contributed by atoms with van der Waals surface area (Å²) in [5.74, 6) is 0.135. The van der Waals surface area contributed by atoms with E-state index in [1.54, 1.807) is 12.3 Å². The highest BCUT2D eigenvalue weighted by atomic mass is 32.2. The maximum Gasteiger partial charge on any atom is 0.296 e. The van der Waals surface area contributed by atoms with Crippen molar-refractivity contribution >= 4 is 66.4 Å². The van der Waals surface area contributed by atoms with Gasteiger partial charge < -0.3 is 34.9 Å². The van der Waals surface area contributed by atoms with Crippen molar-refractivity contribution in [1.82, 2.24) is 29.6 Å². The second-order valence-electron chi connectivity index (χ2n) is 21.4. The lowest BCUT2D eigenvalue weighted by atomic mass is 9.59. The van der Waals surface area contributed by atoms with Crippen LogP contribution in [0.4, 0.5) is 28.4 Å². The number of carbonyl (C=O) groups is 1. The number of nitro groups is 1. The lowest BCUT2D eigenvalue weighted by Gasteiger charge is -2.56. The summed E-state index contributed by atoms with van der Waals surface area (Å²) in [4.78, 5) is 48.5. The molecule has 6 heterocycles. The second-order valence-corrected chi connectivity index (χ2v) is 23.1. The molecule has 2 aliphatic carbocycles. The predicted octanol–water partition coefficient (Wildman–Crippen LogP) is 9.45. The Morgan fingerprint density at radius 1 is 0.972 bits per heavy atom. The van der Waals surface area contributed by atoms with Crippen LogP contribution in [0, 0.1) is 21.4 Å². The largest absolute Gasteiger partial charge is 0.476 e. The number of sulfonamides is 1. The zero-order valence-electron chi connectivity index (χ0n) is 40.7. The molecule has 0 unspecified atom stereocenters. The van der Waals surface area contributed by atoms with Crippen LogP contribution in [-0.2, 0) is 10.0 Å². The van der Waals surface area contributed by atoms with Crippen LogP contribution in [0.1, 0.15) is 125 Å². The van der Waals surface area contributed by atoms with Gasteiger partial charge in [0.15, 0.2) is 0 Å². The standard InChI is InChI=1S/C53H64N10O7S/c1-33(2)38-8-4-5-9-39(38)41-10-6-21-61(41)37-29-53(30-37)18-23-60(24-19-53)36-11-12-40(42(27-36)62-22-7-25-70-51-44(62)26-35-15-20-54-49(35)58-51)50(64)59-71(68,69)45-28-43(63(66)67)46(48-47(45)56-32-57-48)55-31-34-13-16-52(3,65)17-14-34/h4-5,8-9,11-12,15,20,26-28,32-34,37,41,55,65H,6-7,10,13-14,16-19,21-25,29-31H2,1-3H3,(H,54,58)(H,56,57)(H,59,64)/t34?,41-,52?/m0/s1. The van der Waals surface area contributed by atoms with Crippen molar-refractivity contribution in [2.45, 2.75) is 120 Å². The Morgan fingerprint density at radius 3 is 2.54 bits per heavy atom. The summed E-state index contributed by atoms with van der Waals surface area (Å²) in [6, 6.07) is 20.5. The Kier molecular flexibility index (Phi) is 12.2. The Balaban J connectivity index is 0.864. The molecule has 11 rings (SSSR count). The van der Waals surface area contributed by atoms with Crippen LogP contribution in [0.15, 0.2) is 78.1 Å². The number of nitrogens with zero attached hydrogens (tertiary/aromatic N) is 6. The normalized spacial score (nSPS) is 22.9. The number of nitro benzene ring substituents is 1. The van der Waals surface area contributed by atoms with Gasteiger partial charge in [-0.1, -0.05) is 38.1 Å². The smallest absolute Gasteiger partial charge is 0.296 e. The van der Waals surface area contributed by atoms with Crippen LogP contribution < -0.4 is 24.6 Å². The maximum atomic E-state index is 14.7. The topological polar surface area (TPSA) is 215 Å². The lowest BCUT2D eigenvalue weighted by Crippen LogP contribution is -2.55. The van der Waals surface area contributed by atoms with Gasteiger partial charge in [-0.15, -0.1) is 0 Å². The third-order valence-corrected chi connectivity index (χ3v) is 17.8. The molecule has 5 aliphatic rings. The minimum atomic E-state index is -4.75. The molecule has 3 aromatic heterocycles. The van der Waals surface area contributed by atoms with Gasteiger partial charge in [0.1, 0.15) is 27.4 Å². The fourth-order valence-corrected chi connectivity index (χ4v) is 13.6. The van der Waals surface area contributed by atoms with Gasteiger partial charge in [0.2, 0.25) is 5.88 Å². The van der Waals surface area contributed by atoms with E-state index in [0.717, 1.165) is 62.5 Å². The first kappa shape index (κ1) is 47.1. The number of amides is 1. The number of aromatic amines is 2. The third kappa shape index (κ3) is 8.96. The van der Waals surface area contributed by atoms with E-state index in [0.29, 0.717) is 85.3 Å². The molecule has 5 N–H and O–H groups in total. The third-order valence-electron chi connectivity index (χ3n) is 16.4. The molecule has 1 amide bonds. The summed E-state index contributed by atoms with van der Waals surface area (Å²) in [5.41, 5.74) is 5.07. The Hall–Kier alpha value is -6.24. The number of rotatable bonds is 12. The number of imidazole rings is 1. The van der Waals surface area contributed by atoms with E-state index >= 15 is 0 Å². The highest BCUT2D eigenvalue weighted by Gasteiger charge is 2.50. The first-order valence-corrected chi connectivity index (χ1v) is 26.9. The zero-order chi connectivity index (χ0) is 49.2. The van der Waals surface area contributed by atoms with Crippen LogP contribution in [0.3, 0.4) is 0 Å². The summed E-state index contributed by atoms with van der Waals surface area (Å²) in [7, 11) is -4.75. The summed E-state index contributed by atoms with van der Waals surface area (Å²) in [6.07, 6.45) is 13.3. The SMILES string of the molecule is CC(C)c1ccccc1[C@@H]1CCCN1C1CC2(CCN(c3ccc(C(=O)NS(=O)(=O)c4cc([N+](=O)[O-])c(NCC5CCC(C)(O)CC5)c5[nH]cnc45)c(N4CCCOc5nc6[nH]ccc6cc54)c3)CC2)C1. The molecule has 2 saturated carbocycles. The van der Waals surface area contributed by atoms with Gasteiger partial charge >= 0.3 is 0 Å². The highest BCUT2D eigenvalue weighted by Crippen LogP contribution is 2.54. The Bertz CT molecular complexity index is 3110. The van der Waals surface area contributed by atoms with Crippen molar-refractivity contribution in [2.24, 2.45) is 11.3 Å². The number of aromatic nitrogens is 4. The highest BCUT2D eigenvalue weighted by molar-refractivity contribution is 7.90. The zero-order valence-corrected chi connectivity index (χ0v) is 41.6. The number of hydrogen-bond donors (Lipinski definition) is 5. The molecule has 3 aliphatic heterocycles. The predicted molar refractivity (Wildman–Crippen MR) is 274 cm³/mol. The molecular formula is C53H64N10O7S. The maximum absolute atomic E-state index is 14.7. The number of piperidine rings is 1. The van der Waals surface area contributed by atoms with Crippen molar-refractivity contribution in [1.29, 1.82) is 0 Å². The minimum Gasteiger partial charge on any atom is -0.476 e. The number of aliphatic hydroxyl groups is 1. The van der Waals surface area contributed by atoms with Crippen LogP contribution in [0.25, 0.3) is 22.1 Å². The van der Waals surface area contributed by atoms with E-state index in [-0.39, 0.29) is 28.2 Å². The first-order chi connectivity index (χ1) is 34.2. The van der Waals surface area contributed by atoms with Crippen molar-refractivity contribution in [3.8, 4) is 5.88 Å². The number of fused-ring (bicyclic) bond motifs is 3. The number of ether oxygens (including phenoxy) is 1. The lowest BCUT2D eigenvalue weighted by molar-refractivity contribution is -0.384. The Morgan fingerprint density at radius 2 is 1.76 bits per heavy atom. The fraction of sp³-hybridized carbons (Fsp3) is 0.491. The average molecular weight is 985 g/mol. The molecular weight excluding hydrogens is 921 g/mol. The average Bonchev–Trinajstić information content (AvgIpc) is 4.12. The molecule has 6 aromatic rings. The molecule has 18 heteroatoms. The quantitative estimate of drug-likeness (QED) is 0.0571. The first-order valence-electron chi connectivity index (χ1n) is 25.5. The number of carbonyl (C=O) groups excluding carboxylic acids is 1. The number of nitrogens with one attached hydrogen (secondary N) is 4. The molecule has 17 nitrogen and oxygen atoms in total. The summed E-state index contributed by atoms with van der Waals surface area (Å²) in [5, 5.41) is 27.1. The Labute approximate surface area is 414 Å². The molecule has 4 fully saturated rings. The van der Waals surface area contributed by atoms with Gasteiger partial charge in [-0.2, -0.15) is 4.98 Å². The number of benzene rings is 3. The number of H-pyrrole nitrogens is 2. The number of likely N-dealkylation sites (tertiary alicyclic amines) is 1. The molecule has 71 heavy (non-hydrogen) atoms. The number of pyridine rings is 1. The summed E-state index contributed by atoms with van der Waals surface area (Å²) < 4.78 is 37.4. The summed E-state index contributed by atoms with van der Waals surface area (Å²) >= 11 is 0.